The fraction of sp³-hybridized carbons (Fsp3) is 0.556. The summed E-state index contributed by atoms with van der Waals surface area (Å²) in [6, 6.07) is 13.1. The number of aliphatic imine (C=N–C) groups is 1. The van der Waals surface area contributed by atoms with Crippen LogP contribution in [0.1, 0.15) is 59.1 Å². The number of sulfonamides is 1. The number of ether oxygens (including phenoxy) is 3. The summed E-state index contributed by atoms with van der Waals surface area (Å²) in [5, 5.41) is 25.8. The molecule has 2 aromatic carbocycles. The number of alkyl carbamates (subject to hydrolysis) is 1. The van der Waals surface area contributed by atoms with Gasteiger partial charge in [0.15, 0.2) is 12.2 Å². The molecule has 0 spiro atoms. The highest BCUT2D eigenvalue weighted by atomic mass is 32.2. The Kier molecular flexibility index (Phi) is 11.4. The fourth-order valence-electron chi connectivity index (χ4n) is 6.30. The molecule has 5 atom stereocenters. The van der Waals surface area contributed by atoms with Gasteiger partial charge in [0.05, 0.1) is 41.7 Å². The second-order valence-corrected chi connectivity index (χ2v) is 16.6. The number of nitrogens with zero attached hydrogens (tertiary/aromatic N) is 2. The van der Waals surface area contributed by atoms with Gasteiger partial charge in [0.25, 0.3) is 0 Å². The van der Waals surface area contributed by atoms with Crippen molar-refractivity contribution in [2.75, 3.05) is 32.8 Å². The minimum absolute atomic E-state index is 0.0123. The van der Waals surface area contributed by atoms with Gasteiger partial charge in [-0.1, -0.05) is 65.0 Å². The van der Waals surface area contributed by atoms with Crippen LogP contribution in [0.15, 0.2) is 58.4 Å². The largest absolute Gasteiger partial charge is 0.494 e. The summed E-state index contributed by atoms with van der Waals surface area (Å²) >= 11 is 0. The molecule has 0 bridgehead atoms. The quantitative estimate of drug-likeness (QED) is 0.185. The molecule has 13 heteroatoms. The van der Waals surface area contributed by atoms with Crippen molar-refractivity contribution in [3.05, 3.63) is 59.7 Å². The maximum absolute atomic E-state index is 14.3. The first-order chi connectivity index (χ1) is 23.1. The third-order valence-electron chi connectivity index (χ3n) is 8.81. The van der Waals surface area contributed by atoms with E-state index >= 15 is 0 Å². The number of fused-ring (bicyclic) bond motifs is 2. The van der Waals surface area contributed by atoms with Crippen LogP contribution in [0.2, 0.25) is 0 Å². The van der Waals surface area contributed by atoms with E-state index in [9.17, 15) is 23.4 Å². The maximum atomic E-state index is 14.3. The molecule has 0 saturated carbocycles. The number of carbonyl (C=O) groups excluding carboxylic acids is 1. The third-order valence-corrected chi connectivity index (χ3v) is 10.6. The normalized spacial score (nSPS) is 21.3. The molecule has 5 rings (SSSR count). The van der Waals surface area contributed by atoms with Crippen molar-refractivity contribution < 1.29 is 37.6 Å². The van der Waals surface area contributed by atoms with Crippen molar-refractivity contribution in [3.8, 4) is 5.88 Å². The number of H-pyrrole nitrogens is 1. The van der Waals surface area contributed by atoms with E-state index in [1.165, 1.54) is 16.4 Å². The number of hydrogen-bond donors (Lipinski definition) is 4. The lowest BCUT2D eigenvalue weighted by atomic mass is 9.97. The van der Waals surface area contributed by atoms with Crippen molar-refractivity contribution in [3.63, 3.8) is 0 Å². The summed E-state index contributed by atoms with van der Waals surface area (Å²) in [5.41, 5.74) is 2.39. The molecule has 3 heterocycles. The van der Waals surface area contributed by atoms with Gasteiger partial charge >= 0.3 is 6.09 Å². The Balaban J connectivity index is 1.40. The average Bonchev–Trinajstić information content (AvgIpc) is 3.74. The van der Waals surface area contributed by atoms with Crippen molar-refractivity contribution in [2.45, 2.75) is 83.8 Å². The minimum Gasteiger partial charge on any atom is -0.494 e. The Morgan fingerprint density at radius 1 is 1.14 bits per heavy atom. The molecule has 268 valence electrons. The van der Waals surface area contributed by atoms with E-state index in [4.69, 9.17) is 14.2 Å². The van der Waals surface area contributed by atoms with Crippen LogP contribution in [0, 0.1) is 17.3 Å². The van der Waals surface area contributed by atoms with E-state index in [1.807, 2.05) is 44.2 Å². The van der Waals surface area contributed by atoms with E-state index in [0.29, 0.717) is 35.3 Å². The molecule has 0 aliphatic carbocycles. The first kappa shape index (κ1) is 36.8. The molecule has 4 N–H and O–H groups in total. The van der Waals surface area contributed by atoms with Gasteiger partial charge in [-0.3, -0.25) is 4.99 Å². The van der Waals surface area contributed by atoms with Crippen molar-refractivity contribution in [1.82, 2.24) is 14.6 Å². The summed E-state index contributed by atoms with van der Waals surface area (Å²) in [5.74, 6) is -0.210. The molecule has 2 aliphatic rings. The van der Waals surface area contributed by atoms with Gasteiger partial charge in [-0.15, -0.1) is 0 Å². The number of carbonyl (C=O) groups is 1. The predicted molar refractivity (Wildman–Crippen MR) is 187 cm³/mol. The highest BCUT2D eigenvalue weighted by Gasteiger charge is 2.44. The number of aliphatic hydroxyl groups is 1. The summed E-state index contributed by atoms with van der Waals surface area (Å²) < 4.78 is 46.7. The number of nitrogens with one attached hydrogen (secondary N) is 2. The molecule has 1 aromatic heterocycles. The molecular weight excluding hydrogens is 648 g/mol. The van der Waals surface area contributed by atoms with Crippen LogP contribution in [-0.2, 0) is 30.7 Å². The van der Waals surface area contributed by atoms with Crippen LogP contribution in [0.4, 0.5) is 4.79 Å². The van der Waals surface area contributed by atoms with Crippen LogP contribution in [0.3, 0.4) is 0 Å². The van der Waals surface area contributed by atoms with E-state index < -0.39 is 34.4 Å². The van der Waals surface area contributed by atoms with Crippen molar-refractivity contribution in [1.29, 1.82) is 0 Å². The van der Waals surface area contributed by atoms with E-state index in [2.05, 4.69) is 36.1 Å². The number of aromatic hydroxyl groups is 1. The average molecular weight is 699 g/mol. The zero-order valence-corrected chi connectivity index (χ0v) is 30.0. The first-order valence-corrected chi connectivity index (χ1v) is 18.3. The van der Waals surface area contributed by atoms with Gasteiger partial charge in [-0.2, -0.15) is 4.31 Å². The fourth-order valence-corrected chi connectivity index (χ4v) is 7.95. The van der Waals surface area contributed by atoms with Gasteiger partial charge in [-0.05, 0) is 54.9 Å². The molecule has 1 amide bonds. The van der Waals surface area contributed by atoms with E-state index in [0.717, 1.165) is 12.0 Å². The molecular formula is C36H50N4O8S. The molecule has 12 nitrogen and oxygen atoms in total. The third kappa shape index (κ3) is 9.01. The zero-order chi connectivity index (χ0) is 35.5. The predicted octanol–water partition coefficient (Wildman–Crippen LogP) is 4.84. The van der Waals surface area contributed by atoms with Gasteiger partial charge in [0.2, 0.25) is 10.0 Å². The summed E-state index contributed by atoms with van der Waals surface area (Å²) in [6.45, 7) is 12.9. The van der Waals surface area contributed by atoms with Crippen LogP contribution < -0.4 is 5.32 Å². The van der Waals surface area contributed by atoms with E-state index in [-0.39, 0.29) is 60.4 Å². The zero-order valence-electron chi connectivity index (χ0n) is 29.2. The highest BCUT2D eigenvalue weighted by molar-refractivity contribution is 7.89. The second kappa shape index (κ2) is 15.2. The second-order valence-electron chi connectivity index (χ2n) is 14.7. The number of aromatic nitrogens is 1. The monoisotopic (exact) mass is 698 g/mol. The lowest BCUT2D eigenvalue weighted by molar-refractivity contribution is -0.0907. The van der Waals surface area contributed by atoms with Crippen LogP contribution in [0.25, 0.3) is 10.9 Å². The topological polar surface area (TPSA) is 163 Å². The Labute approximate surface area is 288 Å². The molecule has 2 fully saturated rings. The number of rotatable bonds is 13. The standard InChI is InChI=1S/C36H50N4O8S/c1-22(2)18-40(49(44,45)25-12-13-28-27(17-25)32(33(42)38-28)23(3)37-21-36(4,5)6)19-30(41)29(16-24-10-8-7-9-11-24)39-35(43)48-31-20-47-34-26(31)14-15-46-34/h7-13,17,22,26,29-31,34,38,41-42H,14-16,18-21H2,1-6H3,(H,39,43)/t26?,29-,30+,31-,34?/m0/s1. The minimum atomic E-state index is -4.15. The smallest absolute Gasteiger partial charge is 0.407 e. The lowest BCUT2D eigenvalue weighted by Crippen LogP contribution is -2.51. The summed E-state index contributed by atoms with van der Waals surface area (Å²) in [6.07, 6.45) is -1.90. The van der Waals surface area contributed by atoms with Gasteiger partial charge in [0, 0.05) is 36.2 Å². The molecule has 3 aromatic rings. The van der Waals surface area contributed by atoms with Crippen molar-refractivity contribution in [2.24, 2.45) is 22.2 Å². The molecule has 2 aliphatic heterocycles. The highest BCUT2D eigenvalue weighted by Crippen LogP contribution is 2.34. The molecule has 0 radical (unpaired) electrons. The van der Waals surface area contributed by atoms with Crippen LogP contribution >= 0.6 is 0 Å². The number of benzene rings is 2. The van der Waals surface area contributed by atoms with Crippen molar-refractivity contribution >= 4 is 32.7 Å². The Hall–Kier alpha value is -3.49. The first-order valence-electron chi connectivity index (χ1n) is 16.9. The maximum Gasteiger partial charge on any atom is 0.407 e. The van der Waals surface area contributed by atoms with Gasteiger partial charge < -0.3 is 34.7 Å². The van der Waals surface area contributed by atoms with Gasteiger partial charge in [-0.25, -0.2) is 13.2 Å². The summed E-state index contributed by atoms with van der Waals surface area (Å²) in [7, 11) is -4.15. The molecule has 2 unspecified atom stereocenters. The van der Waals surface area contributed by atoms with Crippen LogP contribution in [0.5, 0.6) is 5.88 Å². The Morgan fingerprint density at radius 3 is 2.57 bits per heavy atom. The summed E-state index contributed by atoms with van der Waals surface area (Å²) in [4.78, 5) is 20.8. The lowest BCUT2D eigenvalue weighted by Gasteiger charge is -2.31. The number of aliphatic hydroxyl groups excluding tert-OH is 1. The van der Waals surface area contributed by atoms with Gasteiger partial charge in [0.1, 0.15) is 6.10 Å². The SMILES string of the molecule is CC(=NCC(C)(C)C)c1c(O)[nH]c2ccc(S(=O)(=O)N(CC(C)C)C[C@@H](O)[C@H](Cc3ccccc3)NC(=O)O[C@H]3COC4OCCC43)cc12. The molecule has 49 heavy (non-hydrogen) atoms. The Bertz CT molecular complexity index is 1730. The number of hydrogen-bond acceptors (Lipinski definition) is 9. The Morgan fingerprint density at radius 2 is 1.88 bits per heavy atom. The number of aromatic amines is 1. The van der Waals surface area contributed by atoms with Crippen LogP contribution in [-0.4, -0.2) is 97.1 Å². The number of amides is 1. The molecule has 2 saturated heterocycles. The van der Waals surface area contributed by atoms with E-state index in [1.54, 1.807) is 13.0 Å².